The second-order valence-corrected chi connectivity index (χ2v) is 6.47. The third-order valence-electron chi connectivity index (χ3n) is 4.70. The van der Waals surface area contributed by atoms with E-state index in [1.54, 1.807) is 0 Å². The minimum absolute atomic E-state index is 0. The number of likely N-dealkylation sites (tertiary alicyclic amines) is 1. The molecule has 0 radical (unpaired) electrons. The van der Waals surface area contributed by atoms with Gasteiger partial charge in [-0.25, -0.2) is 0 Å². The first-order valence-electron chi connectivity index (χ1n) is 8.43. The van der Waals surface area contributed by atoms with Crippen molar-refractivity contribution in [1.82, 2.24) is 20.5 Å². The van der Waals surface area contributed by atoms with Gasteiger partial charge in [-0.05, 0) is 49.9 Å². The van der Waals surface area contributed by atoms with Crippen LogP contribution in [0.2, 0.25) is 0 Å². The van der Waals surface area contributed by atoms with Gasteiger partial charge in [0.2, 0.25) is 5.91 Å². The van der Waals surface area contributed by atoms with Gasteiger partial charge in [-0.2, -0.15) is 0 Å². The van der Waals surface area contributed by atoms with Crippen molar-refractivity contribution in [3.05, 3.63) is 30.1 Å². The molecular formula is C17H28Cl2N4O. The molecule has 0 aliphatic carbocycles. The molecule has 136 valence electrons. The average molecular weight is 375 g/mol. The van der Waals surface area contributed by atoms with Gasteiger partial charge in [0.25, 0.3) is 0 Å². The lowest BCUT2D eigenvalue weighted by Gasteiger charge is -2.32. The predicted octanol–water partition coefficient (Wildman–Crippen LogP) is 2.15. The molecule has 2 N–H and O–H groups in total. The molecule has 5 nitrogen and oxygen atoms in total. The molecular weight excluding hydrogens is 347 g/mol. The molecule has 2 saturated heterocycles. The Labute approximate surface area is 156 Å². The molecule has 7 heteroatoms. The summed E-state index contributed by atoms with van der Waals surface area (Å²) >= 11 is 0. The van der Waals surface area contributed by atoms with Crippen molar-refractivity contribution in [2.45, 2.75) is 50.7 Å². The Morgan fingerprint density at radius 3 is 2.54 bits per heavy atom. The van der Waals surface area contributed by atoms with Gasteiger partial charge in [-0.15, -0.1) is 24.8 Å². The van der Waals surface area contributed by atoms with E-state index < -0.39 is 0 Å². The molecule has 1 aromatic heterocycles. The quantitative estimate of drug-likeness (QED) is 0.828. The maximum atomic E-state index is 12.1. The summed E-state index contributed by atoms with van der Waals surface area (Å²) in [6.07, 6.45) is 8.77. The SMILES string of the molecule is Cl.Cl.O=C(CC1CCCN1)NC1CCN(Cc2ccncc2)CC1. The van der Waals surface area contributed by atoms with Crippen LogP contribution in [0, 0.1) is 0 Å². The van der Waals surface area contributed by atoms with E-state index in [9.17, 15) is 4.79 Å². The highest BCUT2D eigenvalue weighted by atomic mass is 35.5. The third kappa shape index (κ3) is 6.55. The fourth-order valence-corrected chi connectivity index (χ4v) is 3.42. The zero-order chi connectivity index (χ0) is 15.2. The molecule has 1 aromatic rings. The van der Waals surface area contributed by atoms with Crippen LogP contribution >= 0.6 is 24.8 Å². The van der Waals surface area contributed by atoms with Crippen molar-refractivity contribution < 1.29 is 4.79 Å². The number of rotatable bonds is 5. The fourth-order valence-electron chi connectivity index (χ4n) is 3.42. The van der Waals surface area contributed by atoms with Gasteiger partial charge in [0.1, 0.15) is 0 Å². The highest BCUT2D eigenvalue weighted by Crippen LogP contribution is 2.14. The number of carbonyl (C=O) groups excluding carboxylic acids is 1. The van der Waals surface area contributed by atoms with Crippen LogP contribution in [-0.4, -0.2) is 47.5 Å². The number of nitrogens with zero attached hydrogens (tertiary/aromatic N) is 2. The van der Waals surface area contributed by atoms with E-state index in [-0.39, 0.29) is 30.7 Å². The van der Waals surface area contributed by atoms with Crippen LogP contribution in [0.5, 0.6) is 0 Å². The van der Waals surface area contributed by atoms with Crippen LogP contribution in [-0.2, 0) is 11.3 Å². The van der Waals surface area contributed by atoms with E-state index in [0.29, 0.717) is 18.5 Å². The lowest BCUT2D eigenvalue weighted by atomic mass is 10.0. The summed E-state index contributed by atoms with van der Waals surface area (Å²) in [7, 11) is 0. The van der Waals surface area contributed by atoms with Crippen molar-refractivity contribution in [3.63, 3.8) is 0 Å². The van der Waals surface area contributed by atoms with Crippen LogP contribution < -0.4 is 10.6 Å². The maximum Gasteiger partial charge on any atom is 0.221 e. The molecule has 2 fully saturated rings. The van der Waals surface area contributed by atoms with Crippen LogP contribution in [0.4, 0.5) is 0 Å². The van der Waals surface area contributed by atoms with Gasteiger partial charge in [-0.3, -0.25) is 14.7 Å². The molecule has 0 bridgehead atoms. The van der Waals surface area contributed by atoms with Crippen molar-refractivity contribution >= 4 is 30.7 Å². The van der Waals surface area contributed by atoms with Crippen LogP contribution in [0.3, 0.4) is 0 Å². The van der Waals surface area contributed by atoms with Gasteiger partial charge in [0, 0.05) is 50.5 Å². The van der Waals surface area contributed by atoms with Gasteiger partial charge in [0.15, 0.2) is 0 Å². The standard InChI is InChI=1S/C17H26N4O.2ClH/c22-17(12-16-2-1-7-19-16)20-15-5-10-21(11-6-15)13-14-3-8-18-9-4-14;;/h3-4,8-9,15-16,19H,1-2,5-7,10-13H2,(H,20,22);2*1H. The van der Waals surface area contributed by atoms with E-state index in [2.05, 4.69) is 32.7 Å². The maximum absolute atomic E-state index is 12.1. The smallest absolute Gasteiger partial charge is 0.221 e. The van der Waals surface area contributed by atoms with Crippen molar-refractivity contribution in [2.75, 3.05) is 19.6 Å². The monoisotopic (exact) mass is 374 g/mol. The number of nitrogens with one attached hydrogen (secondary N) is 2. The fraction of sp³-hybridized carbons (Fsp3) is 0.647. The Kier molecular flexibility index (Phi) is 9.59. The molecule has 0 saturated carbocycles. The zero-order valence-corrected chi connectivity index (χ0v) is 15.6. The molecule has 1 unspecified atom stereocenters. The second kappa shape index (κ2) is 10.9. The molecule has 2 aliphatic heterocycles. The molecule has 2 aliphatic rings. The molecule has 1 amide bonds. The average Bonchev–Trinajstić information content (AvgIpc) is 3.03. The molecule has 3 heterocycles. The van der Waals surface area contributed by atoms with Crippen molar-refractivity contribution in [1.29, 1.82) is 0 Å². The van der Waals surface area contributed by atoms with Crippen molar-refractivity contribution in [3.8, 4) is 0 Å². The number of pyridine rings is 1. The van der Waals surface area contributed by atoms with E-state index >= 15 is 0 Å². The summed E-state index contributed by atoms with van der Waals surface area (Å²) < 4.78 is 0. The summed E-state index contributed by atoms with van der Waals surface area (Å²) in [6.45, 7) is 4.14. The number of piperidine rings is 1. The number of amides is 1. The lowest BCUT2D eigenvalue weighted by molar-refractivity contribution is -0.122. The second-order valence-electron chi connectivity index (χ2n) is 6.47. The molecule has 0 spiro atoms. The number of hydrogen-bond acceptors (Lipinski definition) is 4. The highest BCUT2D eigenvalue weighted by molar-refractivity contribution is 5.85. The topological polar surface area (TPSA) is 57.3 Å². The first-order chi connectivity index (χ1) is 10.8. The first-order valence-corrected chi connectivity index (χ1v) is 8.43. The highest BCUT2D eigenvalue weighted by Gasteiger charge is 2.23. The predicted molar refractivity (Wildman–Crippen MR) is 101 cm³/mol. The van der Waals surface area contributed by atoms with E-state index in [1.165, 1.54) is 12.0 Å². The Bertz CT molecular complexity index is 475. The lowest BCUT2D eigenvalue weighted by Crippen LogP contribution is -2.45. The summed E-state index contributed by atoms with van der Waals surface area (Å²) in [5.74, 6) is 0.215. The van der Waals surface area contributed by atoms with E-state index in [0.717, 1.165) is 45.4 Å². The number of carbonyl (C=O) groups is 1. The van der Waals surface area contributed by atoms with Gasteiger partial charge in [0.05, 0.1) is 0 Å². The van der Waals surface area contributed by atoms with E-state index in [4.69, 9.17) is 0 Å². The Balaban J connectivity index is 0.00000144. The third-order valence-corrected chi connectivity index (χ3v) is 4.70. The minimum atomic E-state index is 0. The number of hydrogen-bond donors (Lipinski definition) is 2. The summed E-state index contributed by atoms with van der Waals surface area (Å²) in [4.78, 5) is 18.6. The largest absolute Gasteiger partial charge is 0.353 e. The van der Waals surface area contributed by atoms with Gasteiger partial charge >= 0.3 is 0 Å². The molecule has 1 atom stereocenters. The molecule has 3 rings (SSSR count). The Morgan fingerprint density at radius 1 is 1.21 bits per heavy atom. The zero-order valence-electron chi connectivity index (χ0n) is 13.9. The minimum Gasteiger partial charge on any atom is -0.353 e. The van der Waals surface area contributed by atoms with Gasteiger partial charge in [-0.1, -0.05) is 0 Å². The van der Waals surface area contributed by atoms with Crippen LogP contribution in [0.1, 0.15) is 37.7 Å². The van der Waals surface area contributed by atoms with Crippen LogP contribution in [0.25, 0.3) is 0 Å². The van der Waals surface area contributed by atoms with Crippen LogP contribution in [0.15, 0.2) is 24.5 Å². The molecule has 0 aromatic carbocycles. The Morgan fingerprint density at radius 2 is 1.92 bits per heavy atom. The first kappa shape index (κ1) is 21.2. The summed E-state index contributed by atoms with van der Waals surface area (Å²) in [6, 6.07) is 4.89. The normalized spacial score (nSPS) is 21.6. The Hall–Kier alpha value is -0.880. The summed E-state index contributed by atoms with van der Waals surface area (Å²) in [5.41, 5.74) is 1.31. The summed E-state index contributed by atoms with van der Waals surface area (Å²) in [5, 5.41) is 6.60. The molecule has 24 heavy (non-hydrogen) atoms. The number of aromatic nitrogens is 1. The number of halogens is 2. The van der Waals surface area contributed by atoms with Gasteiger partial charge < -0.3 is 10.6 Å². The van der Waals surface area contributed by atoms with E-state index in [1.807, 2.05) is 12.4 Å². The van der Waals surface area contributed by atoms with Crippen molar-refractivity contribution in [2.24, 2.45) is 0 Å².